The van der Waals surface area contributed by atoms with Crippen molar-refractivity contribution in [2.45, 2.75) is 26.4 Å². The molecular weight excluding hydrogens is 182 g/mol. The highest BCUT2D eigenvalue weighted by atomic mass is 35.5. The van der Waals surface area contributed by atoms with Crippen LogP contribution in [0.2, 0.25) is 0 Å². The first-order valence-electron chi connectivity index (χ1n) is 3.28. The van der Waals surface area contributed by atoms with E-state index in [1.165, 1.54) is 0 Å². The number of ether oxygens (including phenoxy) is 1. The van der Waals surface area contributed by atoms with E-state index in [4.69, 9.17) is 16.3 Å². The van der Waals surface area contributed by atoms with Crippen LogP contribution in [0.5, 0.6) is 0 Å². The molecule has 0 aliphatic heterocycles. The average molecular weight is 192 g/mol. The smallest absolute Gasteiger partial charge is 0.434 e. The summed E-state index contributed by atoms with van der Waals surface area (Å²) in [5, 5.41) is -0.805. The molecule has 0 fully saturated rings. The van der Waals surface area contributed by atoms with Gasteiger partial charge in [0.1, 0.15) is 5.60 Å². The van der Waals surface area contributed by atoms with Gasteiger partial charge in [0.25, 0.3) is 5.24 Å². The number of amides is 1. The number of hydrogen-bond donors (Lipinski definition) is 0. The third-order valence-corrected chi connectivity index (χ3v) is 0.763. The lowest BCUT2D eigenvalue weighted by molar-refractivity contribution is -0.105. The monoisotopic (exact) mass is 191 g/mol. The van der Waals surface area contributed by atoms with Crippen LogP contribution in [-0.4, -0.2) is 23.2 Å². The topological polar surface area (TPSA) is 55.7 Å². The molecule has 4 nitrogen and oxygen atoms in total. The first kappa shape index (κ1) is 11.1. The maximum Gasteiger partial charge on any atom is 0.434 e. The van der Waals surface area contributed by atoms with Gasteiger partial charge in [-0.2, -0.15) is 4.99 Å². The molecule has 12 heavy (non-hydrogen) atoms. The fourth-order valence-corrected chi connectivity index (χ4v) is 0.441. The minimum absolute atomic E-state index is 0.607. The molecule has 0 rings (SSSR count). The molecule has 0 aliphatic carbocycles. The van der Waals surface area contributed by atoms with Gasteiger partial charge in [0.05, 0.1) is 6.21 Å². The second-order valence-corrected chi connectivity index (χ2v) is 3.42. The molecule has 68 valence electrons. The van der Waals surface area contributed by atoms with Crippen LogP contribution < -0.4 is 0 Å². The van der Waals surface area contributed by atoms with Crippen LogP contribution in [0.25, 0.3) is 0 Å². The van der Waals surface area contributed by atoms with Crippen LogP contribution in [-0.2, 0) is 9.53 Å². The normalized spacial score (nSPS) is 11.7. The predicted molar refractivity (Wildman–Crippen MR) is 45.6 cm³/mol. The van der Waals surface area contributed by atoms with E-state index in [1.807, 2.05) is 0 Å². The third kappa shape index (κ3) is 7.21. The quantitative estimate of drug-likeness (QED) is 0.469. The number of carbonyl (C=O) groups is 2. The lowest BCUT2D eigenvalue weighted by atomic mass is 10.2. The summed E-state index contributed by atoms with van der Waals surface area (Å²) in [6.07, 6.45) is -0.119. The Kier molecular flexibility index (Phi) is 3.89. The van der Waals surface area contributed by atoms with E-state index in [0.717, 1.165) is 0 Å². The molecule has 0 aliphatic rings. The lowest BCUT2D eigenvalue weighted by Gasteiger charge is -2.16. The number of hydrogen-bond acceptors (Lipinski definition) is 3. The zero-order valence-corrected chi connectivity index (χ0v) is 7.88. The first-order valence-corrected chi connectivity index (χ1v) is 3.65. The molecule has 0 spiro atoms. The zero-order valence-electron chi connectivity index (χ0n) is 7.13. The van der Waals surface area contributed by atoms with Crippen LogP contribution in [0.15, 0.2) is 4.99 Å². The SMILES string of the molecule is CC(C)(C)OC(=O)/N=C/C(=O)Cl. The van der Waals surface area contributed by atoms with Gasteiger partial charge in [0.2, 0.25) is 0 Å². The molecule has 0 aromatic carbocycles. The second-order valence-electron chi connectivity index (χ2n) is 3.04. The van der Waals surface area contributed by atoms with E-state index in [9.17, 15) is 9.59 Å². The van der Waals surface area contributed by atoms with Crippen molar-refractivity contribution in [3.8, 4) is 0 Å². The Morgan fingerprint density at radius 1 is 1.42 bits per heavy atom. The van der Waals surface area contributed by atoms with Crippen molar-refractivity contribution >= 4 is 29.2 Å². The Balaban J connectivity index is 3.99. The van der Waals surface area contributed by atoms with Crippen molar-refractivity contribution in [3.05, 3.63) is 0 Å². The minimum Gasteiger partial charge on any atom is -0.442 e. The predicted octanol–water partition coefficient (Wildman–Crippen LogP) is 1.76. The standard InChI is InChI=1S/C7H10ClNO3/c1-7(2,3)12-6(11)9-4-5(8)10/h4H,1-3H3/b9-4+. The van der Waals surface area contributed by atoms with E-state index in [2.05, 4.69) is 4.99 Å². The van der Waals surface area contributed by atoms with Gasteiger partial charge in [-0.15, -0.1) is 0 Å². The van der Waals surface area contributed by atoms with E-state index in [1.54, 1.807) is 20.8 Å². The maximum absolute atomic E-state index is 10.7. The van der Waals surface area contributed by atoms with Gasteiger partial charge in [0.15, 0.2) is 0 Å². The van der Waals surface area contributed by atoms with Crippen LogP contribution in [0.3, 0.4) is 0 Å². The molecule has 0 heterocycles. The molecule has 0 saturated carbocycles. The second kappa shape index (κ2) is 4.21. The zero-order chi connectivity index (χ0) is 9.78. The molecule has 0 unspecified atom stereocenters. The van der Waals surface area contributed by atoms with Gasteiger partial charge in [-0.25, -0.2) is 4.79 Å². The minimum atomic E-state index is -0.823. The van der Waals surface area contributed by atoms with Crippen LogP contribution in [0, 0.1) is 0 Å². The molecule has 0 bridgehead atoms. The lowest BCUT2D eigenvalue weighted by Crippen LogP contribution is -2.22. The van der Waals surface area contributed by atoms with Crippen LogP contribution in [0.1, 0.15) is 20.8 Å². The van der Waals surface area contributed by atoms with Crippen LogP contribution >= 0.6 is 11.6 Å². The molecule has 0 N–H and O–H groups in total. The van der Waals surface area contributed by atoms with Gasteiger partial charge in [0, 0.05) is 0 Å². The van der Waals surface area contributed by atoms with E-state index in [0.29, 0.717) is 6.21 Å². The van der Waals surface area contributed by atoms with Gasteiger partial charge in [-0.05, 0) is 32.4 Å². The average Bonchev–Trinajstić information content (AvgIpc) is 1.79. The van der Waals surface area contributed by atoms with Gasteiger partial charge in [-0.3, -0.25) is 4.79 Å². The molecule has 0 atom stereocenters. The Morgan fingerprint density at radius 2 is 1.92 bits per heavy atom. The summed E-state index contributed by atoms with van der Waals surface area (Å²) < 4.78 is 4.74. The Bertz CT molecular complexity index is 217. The fourth-order valence-electron chi connectivity index (χ4n) is 0.392. The summed E-state index contributed by atoms with van der Waals surface area (Å²) in [4.78, 5) is 24.0. The van der Waals surface area contributed by atoms with Gasteiger partial charge in [-0.1, -0.05) is 0 Å². The molecule has 0 aromatic rings. The summed E-state index contributed by atoms with van der Waals surface area (Å²) in [6, 6.07) is 0. The van der Waals surface area contributed by atoms with Crippen molar-refractivity contribution in [1.29, 1.82) is 0 Å². The van der Waals surface area contributed by atoms with Crippen molar-refractivity contribution in [2.75, 3.05) is 0 Å². The number of aliphatic imine (C=N–C) groups is 1. The molecule has 0 aromatic heterocycles. The number of nitrogens with zero attached hydrogens (tertiary/aromatic N) is 1. The molecule has 1 amide bonds. The molecule has 0 radical (unpaired) electrons. The highest BCUT2D eigenvalue weighted by Gasteiger charge is 2.14. The highest BCUT2D eigenvalue weighted by molar-refractivity contribution is 6.78. The Hall–Kier alpha value is -0.900. The number of carbonyl (C=O) groups excluding carboxylic acids is 2. The number of rotatable bonds is 1. The molecular formula is C7H10ClNO3. The van der Waals surface area contributed by atoms with Crippen molar-refractivity contribution in [2.24, 2.45) is 4.99 Å². The van der Waals surface area contributed by atoms with E-state index >= 15 is 0 Å². The fraction of sp³-hybridized carbons (Fsp3) is 0.571. The molecule has 0 saturated heterocycles. The maximum atomic E-state index is 10.7. The summed E-state index contributed by atoms with van der Waals surface area (Å²) in [6.45, 7) is 5.09. The highest BCUT2D eigenvalue weighted by Crippen LogP contribution is 2.07. The van der Waals surface area contributed by atoms with Crippen molar-refractivity contribution in [3.63, 3.8) is 0 Å². The van der Waals surface area contributed by atoms with Crippen molar-refractivity contribution < 1.29 is 14.3 Å². The van der Waals surface area contributed by atoms with Crippen molar-refractivity contribution in [1.82, 2.24) is 0 Å². The van der Waals surface area contributed by atoms with Gasteiger partial charge < -0.3 is 4.74 Å². The van der Waals surface area contributed by atoms with E-state index in [-0.39, 0.29) is 0 Å². The number of halogens is 1. The summed E-state index contributed by atoms with van der Waals surface area (Å²) in [5.41, 5.74) is -0.607. The van der Waals surface area contributed by atoms with E-state index < -0.39 is 16.9 Å². The summed E-state index contributed by atoms with van der Waals surface area (Å²) >= 11 is 4.90. The largest absolute Gasteiger partial charge is 0.442 e. The Morgan fingerprint density at radius 3 is 2.25 bits per heavy atom. The van der Waals surface area contributed by atoms with Gasteiger partial charge >= 0.3 is 6.09 Å². The summed E-state index contributed by atoms with van der Waals surface area (Å²) in [7, 11) is 0. The van der Waals surface area contributed by atoms with Crippen LogP contribution in [0.4, 0.5) is 4.79 Å². The first-order chi connectivity index (χ1) is 5.31. The summed E-state index contributed by atoms with van der Waals surface area (Å²) in [5.74, 6) is 0. The third-order valence-electron chi connectivity index (χ3n) is 0.665. The Labute approximate surface area is 75.6 Å². The molecule has 5 heteroatoms.